The van der Waals surface area contributed by atoms with Crippen LogP contribution in [0.2, 0.25) is 0 Å². The summed E-state index contributed by atoms with van der Waals surface area (Å²) in [5, 5.41) is 3.41. The van der Waals surface area contributed by atoms with E-state index < -0.39 is 0 Å². The molecule has 2 aromatic carbocycles. The molecule has 2 aliphatic rings. The van der Waals surface area contributed by atoms with Gasteiger partial charge in [-0.05, 0) is 36.3 Å². The first-order valence-electron chi connectivity index (χ1n) is 8.75. The van der Waals surface area contributed by atoms with Gasteiger partial charge in [0.15, 0.2) is 0 Å². The summed E-state index contributed by atoms with van der Waals surface area (Å²) >= 11 is 0. The van der Waals surface area contributed by atoms with Crippen LogP contribution < -0.4 is 10.1 Å². The number of hydrogen-bond donors (Lipinski definition) is 1. The summed E-state index contributed by atoms with van der Waals surface area (Å²) < 4.78 is 6.09. The van der Waals surface area contributed by atoms with Crippen LogP contribution in [0.25, 0.3) is 5.57 Å². The molecular weight excluding hydrogens is 306 g/mol. The molecule has 124 valence electrons. The van der Waals surface area contributed by atoms with Crippen LogP contribution in [0.3, 0.4) is 0 Å². The average Bonchev–Trinajstić information content (AvgIpc) is 2.94. The topological polar surface area (TPSA) is 21.3 Å². The Hall–Kier alpha value is -3.00. The lowest BCUT2D eigenvalue weighted by molar-refractivity contribution is 0.474. The number of allylic oxidation sites excluding steroid dienone is 5. The van der Waals surface area contributed by atoms with Crippen molar-refractivity contribution in [1.29, 1.82) is 0 Å². The second-order valence-corrected chi connectivity index (χ2v) is 6.20. The van der Waals surface area contributed by atoms with Crippen LogP contribution in [0.15, 0.2) is 90.8 Å². The maximum atomic E-state index is 6.09. The summed E-state index contributed by atoms with van der Waals surface area (Å²) in [5.74, 6) is 2.15. The number of benzene rings is 2. The number of hydrogen-bond acceptors (Lipinski definition) is 2. The predicted molar refractivity (Wildman–Crippen MR) is 103 cm³/mol. The van der Waals surface area contributed by atoms with Gasteiger partial charge in [0.25, 0.3) is 0 Å². The van der Waals surface area contributed by atoms with Crippen LogP contribution >= 0.6 is 0 Å². The van der Waals surface area contributed by atoms with Gasteiger partial charge in [0.1, 0.15) is 11.5 Å². The highest BCUT2D eigenvalue weighted by Crippen LogP contribution is 2.44. The van der Waals surface area contributed by atoms with Crippen LogP contribution in [0.5, 0.6) is 11.5 Å². The zero-order valence-electron chi connectivity index (χ0n) is 14.3. The van der Waals surface area contributed by atoms with Gasteiger partial charge in [0, 0.05) is 28.9 Å². The van der Waals surface area contributed by atoms with Gasteiger partial charge in [-0.3, -0.25) is 0 Å². The Bertz CT molecular complexity index is 854. The lowest BCUT2D eigenvalue weighted by atomic mass is 9.89. The Morgan fingerprint density at radius 2 is 1.60 bits per heavy atom. The molecule has 0 fully saturated rings. The van der Waals surface area contributed by atoms with E-state index in [2.05, 4.69) is 54.7 Å². The molecule has 2 nitrogen and oxygen atoms in total. The summed E-state index contributed by atoms with van der Waals surface area (Å²) in [6, 6.07) is 16.5. The van der Waals surface area contributed by atoms with E-state index in [9.17, 15) is 0 Å². The minimum atomic E-state index is 0.307. The summed E-state index contributed by atoms with van der Waals surface area (Å²) in [4.78, 5) is 0. The Morgan fingerprint density at radius 3 is 2.28 bits per heavy atom. The maximum Gasteiger partial charge on any atom is 0.135 e. The van der Waals surface area contributed by atoms with E-state index in [0.717, 1.165) is 29.0 Å². The van der Waals surface area contributed by atoms with Crippen LogP contribution in [-0.2, 0) is 0 Å². The minimum Gasteiger partial charge on any atom is -0.456 e. The van der Waals surface area contributed by atoms with Crippen molar-refractivity contribution in [3.8, 4) is 11.5 Å². The second-order valence-electron chi connectivity index (χ2n) is 6.20. The van der Waals surface area contributed by atoms with Crippen molar-refractivity contribution in [2.75, 3.05) is 0 Å². The van der Waals surface area contributed by atoms with Gasteiger partial charge in [-0.1, -0.05) is 61.5 Å². The van der Waals surface area contributed by atoms with Crippen molar-refractivity contribution in [2.45, 2.75) is 13.3 Å². The van der Waals surface area contributed by atoms with E-state index in [4.69, 9.17) is 4.74 Å². The van der Waals surface area contributed by atoms with Crippen LogP contribution in [-0.4, -0.2) is 0 Å². The monoisotopic (exact) mass is 327 g/mol. The van der Waals surface area contributed by atoms with Crippen LogP contribution in [0, 0.1) is 5.92 Å². The number of fused-ring (bicyclic) bond motifs is 2. The van der Waals surface area contributed by atoms with E-state index in [-0.39, 0.29) is 0 Å². The zero-order valence-corrected chi connectivity index (χ0v) is 14.3. The average molecular weight is 327 g/mol. The van der Waals surface area contributed by atoms with Gasteiger partial charge in [-0.2, -0.15) is 0 Å². The molecule has 0 spiro atoms. The van der Waals surface area contributed by atoms with Crippen LogP contribution in [0.1, 0.15) is 24.5 Å². The molecule has 2 aliphatic heterocycles. The molecule has 0 saturated carbocycles. The molecule has 2 heterocycles. The van der Waals surface area contributed by atoms with Gasteiger partial charge in [-0.15, -0.1) is 0 Å². The molecule has 0 aliphatic carbocycles. The molecule has 1 N–H and O–H groups in total. The lowest BCUT2D eigenvalue weighted by Crippen LogP contribution is -2.14. The molecule has 1 atom stereocenters. The molecule has 0 saturated heterocycles. The third-order valence-electron chi connectivity index (χ3n) is 4.63. The van der Waals surface area contributed by atoms with Crippen molar-refractivity contribution < 1.29 is 4.74 Å². The van der Waals surface area contributed by atoms with Gasteiger partial charge >= 0.3 is 0 Å². The molecule has 0 aromatic heterocycles. The molecule has 0 radical (unpaired) electrons. The number of ether oxygens (including phenoxy) is 1. The van der Waals surface area contributed by atoms with Crippen LogP contribution in [0.4, 0.5) is 0 Å². The lowest BCUT2D eigenvalue weighted by Gasteiger charge is -2.25. The third-order valence-corrected chi connectivity index (χ3v) is 4.63. The molecule has 0 amide bonds. The summed E-state index contributed by atoms with van der Waals surface area (Å²) in [5.41, 5.74) is 4.76. The van der Waals surface area contributed by atoms with Crippen molar-refractivity contribution in [2.24, 2.45) is 5.92 Å². The van der Waals surface area contributed by atoms with Crippen molar-refractivity contribution in [3.05, 3.63) is 102 Å². The minimum absolute atomic E-state index is 0.307. The Balaban J connectivity index is 1.83. The van der Waals surface area contributed by atoms with Crippen molar-refractivity contribution in [3.63, 3.8) is 0 Å². The Labute approximate surface area is 148 Å². The van der Waals surface area contributed by atoms with E-state index in [1.165, 1.54) is 11.3 Å². The molecule has 1 unspecified atom stereocenters. The summed E-state index contributed by atoms with van der Waals surface area (Å²) in [6.07, 6.45) is 13.7. The van der Waals surface area contributed by atoms with E-state index >= 15 is 0 Å². The summed E-state index contributed by atoms with van der Waals surface area (Å²) in [6.45, 7) is 2.22. The fraction of sp³-hybridized carbons (Fsp3) is 0.130. The normalized spacial score (nSPS) is 15.9. The fourth-order valence-corrected chi connectivity index (χ4v) is 3.33. The van der Waals surface area contributed by atoms with E-state index in [0.29, 0.717) is 5.92 Å². The second kappa shape index (κ2) is 6.86. The Kier molecular flexibility index (Phi) is 4.26. The zero-order chi connectivity index (χ0) is 17.1. The van der Waals surface area contributed by atoms with E-state index in [1.807, 2.05) is 42.6 Å². The smallest absolute Gasteiger partial charge is 0.135 e. The molecule has 0 bridgehead atoms. The van der Waals surface area contributed by atoms with Gasteiger partial charge < -0.3 is 10.1 Å². The standard InChI is InChI=1S/C23H21NO/c1-2-17(21-12-4-3-9-15-24-21)16-20-18-10-5-7-13-22(18)25-23-14-8-6-11-19(20)23/h3-17,24H,2H2,1H3. The largest absolute Gasteiger partial charge is 0.456 e. The first kappa shape index (κ1) is 15.5. The SMILES string of the molecule is CCC(C=C1c2ccccc2Oc2ccccc21)C1=CC=CC=CN1. The number of rotatable bonds is 3. The summed E-state index contributed by atoms with van der Waals surface area (Å²) in [7, 11) is 0. The van der Waals surface area contributed by atoms with Crippen molar-refractivity contribution >= 4 is 5.57 Å². The fourth-order valence-electron chi connectivity index (χ4n) is 3.33. The van der Waals surface area contributed by atoms with Gasteiger partial charge in [0.2, 0.25) is 0 Å². The molecule has 2 heteroatoms. The highest BCUT2D eigenvalue weighted by molar-refractivity contribution is 5.88. The highest BCUT2D eigenvalue weighted by atomic mass is 16.5. The first-order valence-corrected chi connectivity index (χ1v) is 8.75. The predicted octanol–water partition coefficient (Wildman–Crippen LogP) is 5.81. The molecule has 4 rings (SSSR count). The quantitative estimate of drug-likeness (QED) is 0.655. The molecular formula is C23H21NO. The number of para-hydroxylation sites is 2. The first-order chi connectivity index (χ1) is 12.4. The highest BCUT2D eigenvalue weighted by Gasteiger charge is 2.22. The van der Waals surface area contributed by atoms with Gasteiger partial charge in [0.05, 0.1) is 0 Å². The Morgan fingerprint density at radius 1 is 0.920 bits per heavy atom. The molecule has 2 aromatic rings. The third kappa shape index (κ3) is 3.03. The number of nitrogens with one attached hydrogen (secondary N) is 1. The van der Waals surface area contributed by atoms with E-state index in [1.54, 1.807) is 0 Å². The maximum absolute atomic E-state index is 6.09. The molecule has 25 heavy (non-hydrogen) atoms. The van der Waals surface area contributed by atoms with Gasteiger partial charge in [-0.25, -0.2) is 0 Å². The van der Waals surface area contributed by atoms with Crippen molar-refractivity contribution in [1.82, 2.24) is 5.32 Å².